The first-order valence-corrected chi connectivity index (χ1v) is 7.44. The number of rotatable bonds is 3. The van der Waals surface area contributed by atoms with Crippen LogP contribution in [0, 0.1) is 6.92 Å². The number of hydrogen-bond donors (Lipinski definition) is 0. The summed E-state index contributed by atoms with van der Waals surface area (Å²) in [6.07, 6.45) is 0. The fourth-order valence-electron chi connectivity index (χ4n) is 2.34. The largest absolute Gasteiger partial charge is 0.454 e. The number of halogens is 1. The van der Waals surface area contributed by atoms with Crippen LogP contribution < -0.4 is 0 Å². The summed E-state index contributed by atoms with van der Waals surface area (Å²) in [5.41, 5.74) is 2.88. The van der Waals surface area contributed by atoms with Gasteiger partial charge in [0, 0.05) is 28.5 Å². The van der Waals surface area contributed by atoms with Gasteiger partial charge in [-0.05, 0) is 25.1 Å². The summed E-state index contributed by atoms with van der Waals surface area (Å²) in [6, 6.07) is 14.8. The lowest BCUT2D eigenvalue weighted by molar-refractivity contribution is -0.140. The second-order valence-electron chi connectivity index (χ2n) is 5.08. The van der Waals surface area contributed by atoms with Crippen LogP contribution in [0.25, 0.3) is 11.0 Å². The van der Waals surface area contributed by atoms with Gasteiger partial charge in [0.2, 0.25) is 0 Å². The maximum atomic E-state index is 11.1. The fraction of sp³-hybridized carbons (Fsp3) is 0.111. The van der Waals surface area contributed by atoms with Gasteiger partial charge in [-0.25, -0.2) is 4.79 Å². The van der Waals surface area contributed by atoms with E-state index in [1.807, 2.05) is 31.2 Å². The summed E-state index contributed by atoms with van der Waals surface area (Å²) in [7, 11) is 0. The van der Waals surface area contributed by atoms with Crippen LogP contribution in [0.15, 0.2) is 58.1 Å². The third kappa shape index (κ3) is 3.12. The van der Waals surface area contributed by atoms with Crippen molar-refractivity contribution >= 4 is 34.3 Å². The van der Waals surface area contributed by atoms with E-state index in [0.717, 1.165) is 22.1 Å². The van der Waals surface area contributed by atoms with E-state index in [1.54, 1.807) is 24.3 Å². The van der Waals surface area contributed by atoms with E-state index in [4.69, 9.17) is 20.9 Å². The zero-order chi connectivity index (χ0) is 16.4. The van der Waals surface area contributed by atoms with Gasteiger partial charge in [0.1, 0.15) is 5.58 Å². The number of carbonyl (C=O) groups is 1. The molecule has 0 spiro atoms. The predicted molar refractivity (Wildman–Crippen MR) is 89.8 cm³/mol. The molecular weight excluding hydrogens is 314 g/mol. The highest BCUT2D eigenvalue weighted by Gasteiger charge is 2.18. The Morgan fingerprint density at radius 1 is 1.13 bits per heavy atom. The van der Waals surface area contributed by atoms with Crippen molar-refractivity contribution in [2.75, 3.05) is 0 Å². The van der Waals surface area contributed by atoms with Gasteiger partial charge in [-0.15, -0.1) is 0 Å². The fourth-order valence-corrected chi connectivity index (χ4v) is 2.47. The molecule has 0 aliphatic rings. The van der Waals surface area contributed by atoms with E-state index in [2.05, 4.69) is 5.16 Å². The number of carbonyl (C=O) groups excluding carboxylic acids is 1. The topological polar surface area (TPSA) is 51.8 Å². The third-order valence-electron chi connectivity index (χ3n) is 3.44. The van der Waals surface area contributed by atoms with Crippen molar-refractivity contribution in [3.8, 4) is 0 Å². The minimum atomic E-state index is -0.495. The lowest BCUT2D eigenvalue weighted by atomic mass is 10.0. The molecule has 5 heteroatoms. The zero-order valence-electron chi connectivity index (χ0n) is 12.7. The zero-order valence-corrected chi connectivity index (χ0v) is 13.4. The molecule has 0 radical (unpaired) electrons. The van der Waals surface area contributed by atoms with Crippen molar-refractivity contribution in [1.29, 1.82) is 0 Å². The third-order valence-corrected chi connectivity index (χ3v) is 3.69. The van der Waals surface area contributed by atoms with E-state index in [-0.39, 0.29) is 0 Å². The van der Waals surface area contributed by atoms with Crippen LogP contribution in [-0.2, 0) is 9.63 Å². The van der Waals surface area contributed by atoms with Gasteiger partial charge in [-0.1, -0.05) is 47.1 Å². The van der Waals surface area contributed by atoms with E-state index in [0.29, 0.717) is 16.5 Å². The van der Waals surface area contributed by atoms with E-state index in [1.165, 1.54) is 6.92 Å². The van der Waals surface area contributed by atoms with Gasteiger partial charge in [0.15, 0.2) is 11.5 Å². The van der Waals surface area contributed by atoms with Crippen LogP contribution in [0.3, 0.4) is 0 Å². The Balaban J connectivity index is 2.17. The Morgan fingerprint density at radius 2 is 1.83 bits per heavy atom. The number of furan rings is 1. The van der Waals surface area contributed by atoms with Crippen LogP contribution >= 0.6 is 11.6 Å². The second-order valence-corrected chi connectivity index (χ2v) is 5.52. The van der Waals surface area contributed by atoms with Crippen molar-refractivity contribution in [2.45, 2.75) is 13.8 Å². The molecule has 0 aliphatic carbocycles. The minimum Gasteiger partial charge on any atom is -0.454 e. The van der Waals surface area contributed by atoms with Crippen molar-refractivity contribution in [1.82, 2.24) is 0 Å². The molecule has 0 atom stereocenters. The lowest BCUT2D eigenvalue weighted by Crippen LogP contribution is -2.06. The van der Waals surface area contributed by atoms with Crippen LogP contribution in [0.5, 0.6) is 0 Å². The van der Waals surface area contributed by atoms with Crippen molar-refractivity contribution in [2.24, 2.45) is 5.16 Å². The Hall–Kier alpha value is -2.59. The molecule has 1 heterocycles. The van der Waals surface area contributed by atoms with Crippen molar-refractivity contribution in [3.63, 3.8) is 0 Å². The molecule has 0 amide bonds. The maximum Gasteiger partial charge on any atom is 0.332 e. The average molecular weight is 328 g/mol. The molecule has 0 N–H and O–H groups in total. The van der Waals surface area contributed by atoms with Gasteiger partial charge < -0.3 is 9.25 Å². The summed E-state index contributed by atoms with van der Waals surface area (Å²) >= 11 is 5.94. The smallest absolute Gasteiger partial charge is 0.332 e. The highest BCUT2D eigenvalue weighted by Crippen LogP contribution is 2.27. The van der Waals surface area contributed by atoms with E-state index < -0.39 is 5.97 Å². The standard InChI is InChI=1S/C18H14ClNO3/c1-11-15-5-3-4-6-16(15)22-18(11)17(20-23-12(2)21)13-7-9-14(19)10-8-13/h3-10H,1-2H3/b20-17+. The SMILES string of the molecule is CC(=O)O/N=C(\c1ccc(Cl)cc1)c1oc2ccccc2c1C. The molecule has 4 nitrogen and oxygen atoms in total. The molecule has 3 rings (SSSR count). The summed E-state index contributed by atoms with van der Waals surface area (Å²) in [6.45, 7) is 3.24. The minimum absolute atomic E-state index is 0.450. The molecule has 2 aromatic carbocycles. The Morgan fingerprint density at radius 3 is 2.48 bits per heavy atom. The number of para-hydroxylation sites is 1. The quantitative estimate of drug-likeness (QED) is 0.397. The number of benzene rings is 2. The van der Waals surface area contributed by atoms with Crippen LogP contribution in [0.4, 0.5) is 0 Å². The first-order chi connectivity index (χ1) is 11.1. The van der Waals surface area contributed by atoms with Gasteiger partial charge in [0.05, 0.1) is 0 Å². The molecule has 0 bridgehead atoms. The number of oxime groups is 1. The molecule has 3 aromatic rings. The van der Waals surface area contributed by atoms with Crippen molar-refractivity contribution < 1.29 is 14.0 Å². The number of aryl methyl sites for hydroxylation is 1. The molecule has 23 heavy (non-hydrogen) atoms. The maximum absolute atomic E-state index is 11.1. The number of hydrogen-bond acceptors (Lipinski definition) is 4. The van der Waals surface area contributed by atoms with E-state index >= 15 is 0 Å². The van der Waals surface area contributed by atoms with E-state index in [9.17, 15) is 4.79 Å². The van der Waals surface area contributed by atoms with Crippen molar-refractivity contribution in [3.05, 3.63) is 70.4 Å². The molecule has 0 aliphatic heterocycles. The Bertz CT molecular complexity index is 894. The average Bonchev–Trinajstić information content (AvgIpc) is 2.87. The van der Waals surface area contributed by atoms with Gasteiger partial charge in [0.25, 0.3) is 0 Å². The number of fused-ring (bicyclic) bond motifs is 1. The van der Waals surface area contributed by atoms with Gasteiger partial charge in [-0.3, -0.25) is 0 Å². The highest BCUT2D eigenvalue weighted by atomic mass is 35.5. The number of nitrogens with zero attached hydrogens (tertiary/aromatic N) is 1. The first kappa shape index (κ1) is 15.3. The highest BCUT2D eigenvalue weighted by molar-refractivity contribution is 6.30. The normalized spacial score (nSPS) is 11.7. The van der Waals surface area contributed by atoms with Gasteiger partial charge in [-0.2, -0.15) is 0 Å². The first-order valence-electron chi connectivity index (χ1n) is 7.06. The molecule has 116 valence electrons. The Labute approximate surface area is 138 Å². The monoisotopic (exact) mass is 327 g/mol. The van der Waals surface area contributed by atoms with Crippen LogP contribution in [0.1, 0.15) is 23.8 Å². The predicted octanol–water partition coefficient (Wildman–Crippen LogP) is 4.71. The van der Waals surface area contributed by atoms with Gasteiger partial charge >= 0.3 is 5.97 Å². The summed E-state index contributed by atoms with van der Waals surface area (Å²) in [4.78, 5) is 16.0. The second kappa shape index (κ2) is 6.26. The molecule has 0 fully saturated rings. The molecule has 0 saturated heterocycles. The van der Waals surface area contributed by atoms with Crippen LogP contribution in [0.2, 0.25) is 5.02 Å². The summed E-state index contributed by atoms with van der Waals surface area (Å²) in [5, 5.41) is 5.59. The molecule has 1 aromatic heterocycles. The summed E-state index contributed by atoms with van der Waals surface area (Å²) < 4.78 is 5.92. The lowest BCUT2D eigenvalue weighted by Gasteiger charge is -2.05. The molecule has 0 saturated carbocycles. The van der Waals surface area contributed by atoms with Crippen LogP contribution in [-0.4, -0.2) is 11.7 Å². The molecule has 0 unspecified atom stereocenters. The molecular formula is C18H14ClNO3. The summed E-state index contributed by atoms with van der Waals surface area (Å²) in [5.74, 6) is 0.0694. The Kier molecular flexibility index (Phi) is 4.17.